The van der Waals surface area contributed by atoms with Gasteiger partial charge < -0.3 is 9.52 Å². The Morgan fingerprint density at radius 2 is 1.94 bits per heavy atom. The van der Waals surface area contributed by atoms with Crippen LogP contribution in [0.2, 0.25) is 0 Å². The third-order valence-corrected chi connectivity index (χ3v) is 2.55. The molecule has 0 atom stereocenters. The zero-order valence-corrected chi connectivity index (χ0v) is 10.2. The van der Waals surface area contributed by atoms with Gasteiger partial charge in [0.1, 0.15) is 11.5 Å². The Kier molecular flexibility index (Phi) is 3.28. The minimum Gasteiger partial charge on any atom is -0.478 e. The van der Waals surface area contributed by atoms with Gasteiger partial charge in [0.25, 0.3) is 0 Å². The largest absolute Gasteiger partial charge is 0.478 e. The van der Waals surface area contributed by atoms with Crippen LogP contribution in [0.15, 0.2) is 39.7 Å². The Hall–Kier alpha value is -2.36. The molecule has 0 bridgehead atoms. The van der Waals surface area contributed by atoms with Crippen molar-refractivity contribution in [2.45, 2.75) is 13.8 Å². The van der Waals surface area contributed by atoms with E-state index in [1.165, 1.54) is 12.1 Å². The predicted octanol–water partition coefficient (Wildman–Crippen LogP) is 3.35. The number of nitrogens with zero attached hydrogens (tertiary/aromatic N) is 1. The van der Waals surface area contributed by atoms with E-state index in [1.807, 2.05) is 19.9 Å². The summed E-state index contributed by atoms with van der Waals surface area (Å²) < 4.78 is 5.38. The molecule has 4 heteroatoms. The Morgan fingerprint density at radius 1 is 1.28 bits per heavy atom. The van der Waals surface area contributed by atoms with Crippen LogP contribution in [-0.4, -0.2) is 17.3 Å². The second kappa shape index (κ2) is 4.87. The van der Waals surface area contributed by atoms with Crippen LogP contribution in [0, 0.1) is 13.8 Å². The third kappa shape index (κ3) is 2.66. The van der Waals surface area contributed by atoms with E-state index in [2.05, 4.69) is 4.99 Å². The molecule has 2 rings (SSSR count). The molecule has 1 aromatic heterocycles. The number of carbonyl (C=O) groups is 1. The molecule has 4 nitrogen and oxygen atoms in total. The number of rotatable bonds is 3. The molecule has 0 amide bonds. The van der Waals surface area contributed by atoms with Crippen molar-refractivity contribution in [2.24, 2.45) is 4.99 Å². The molecule has 0 saturated carbocycles. The minimum absolute atomic E-state index is 0.254. The van der Waals surface area contributed by atoms with Crippen molar-refractivity contribution >= 4 is 17.9 Å². The number of furan rings is 1. The fourth-order valence-corrected chi connectivity index (χ4v) is 1.61. The summed E-state index contributed by atoms with van der Waals surface area (Å²) in [5.74, 6) is 0.723. The SMILES string of the molecule is Cc1cc(C=Nc2ccc(C(=O)O)cc2)c(C)o1. The third-order valence-electron chi connectivity index (χ3n) is 2.55. The van der Waals surface area contributed by atoms with Crippen molar-refractivity contribution in [2.75, 3.05) is 0 Å². The van der Waals surface area contributed by atoms with Crippen molar-refractivity contribution in [1.82, 2.24) is 0 Å². The maximum absolute atomic E-state index is 10.7. The summed E-state index contributed by atoms with van der Waals surface area (Å²) in [6.45, 7) is 3.76. The lowest BCUT2D eigenvalue weighted by Crippen LogP contribution is -1.94. The first-order valence-electron chi connectivity index (χ1n) is 5.51. The summed E-state index contributed by atoms with van der Waals surface area (Å²) in [6.07, 6.45) is 1.71. The monoisotopic (exact) mass is 243 g/mol. The van der Waals surface area contributed by atoms with Crippen molar-refractivity contribution in [3.05, 3.63) is 53.0 Å². The van der Waals surface area contributed by atoms with Crippen molar-refractivity contribution < 1.29 is 14.3 Å². The summed E-state index contributed by atoms with van der Waals surface area (Å²) >= 11 is 0. The van der Waals surface area contributed by atoms with E-state index in [4.69, 9.17) is 9.52 Å². The highest BCUT2D eigenvalue weighted by molar-refractivity contribution is 5.88. The molecule has 92 valence electrons. The molecule has 0 spiro atoms. The molecule has 18 heavy (non-hydrogen) atoms. The Balaban J connectivity index is 2.18. The lowest BCUT2D eigenvalue weighted by atomic mass is 10.2. The molecule has 0 aliphatic heterocycles. The van der Waals surface area contributed by atoms with Crippen LogP contribution in [0.1, 0.15) is 27.4 Å². The van der Waals surface area contributed by atoms with E-state index in [1.54, 1.807) is 18.3 Å². The topological polar surface area (TPSA) is 62.8 Å². The van der Waals surface area contributed by atoms with Gasteiger partial charge in [-0.15, -0.1) is 0 Å². The van der Waals surface area contributed by atoms with E-state index >= 15 is 0 Å². The summed E-state index contributed by atoms with van der Waals surface area (Å²) in [5.41, 5.74) is 1.89. The summed E-state index contributed by atoms with van der Waals surface area (Å²) in [6, 6.07) is 8.31. The Bertz CT molecular complexity index is 594. The van der Waals surface area contributed by atoms with Gasteiger partial charge in [-0.3, -0.25) is 4.99 Å². The van der Waals surface area contributed by atoms with E-state index in [-0.39, 0.29) is 5.56 Å². The molecule has 1 aromatic carbocycles. The van der Waals surface area contributed by atoms with Gasteiger partial charge in [0, 0.05) is 11.8 Å². The van der Waals surface area contributed by atoms with Gasteiger partial charge >= 0.3 is 5.97 Å². The van der Waals surface area contributed by atoms with Crippen molar-refractivity contribution in [3.63, 3.8) is 0 Å². The maximum atomic E-state index is 10.7. The summed E-state index contributed by atoms with van der Waals surface area (Å²) in [7, 11) is 0. The number of carboxylic acid groups (broad SMARTS) is 1. The van der Waals surface area contributed by atoms with Gasteiger partial charge in [-0.1, -0.05) is 0 Å². The van der Waals surface area contributed by atoms with Gasteiger partial charge in [-0.2, -0.15) is 0 Å². The van der Waals surface area contributed by atoms with E-state index in [0.717, 1.165) is 17.1 Å². The zero-order chi connectivity index (χ0) is 13.1. The van der Waals surface area contributed by atoms with E-state index in [9.17, 15) is 4.79 Å². The average molecular weight is 243 g/mol. The van der Waals surface area contributed by atoms with Crippen molar-refractivity contribution in [1.29, 1.82) is 0 Å². The fraction of sp³-hybridized carbons (Fsp3) is 0.143. The number of benzene rings is 1. The van der Waals surface area contributed by atoms with Gasteiger partial charge in [-0.25, -0.2) is 4.79 Å². The van der Waals surface area contributed by atoms with E-state index in [0.29, 0.717) is 5.69 Å². The number of hydrogen-bond donors (Lipinski definition) is 1. The van der Waals surface area contributed by atoms with Crippen LogP contribution >= 0.6 is 0 Å². The number of carboxylic acids is 1. The molecule has 1 heterocycles. The Labute approximate surface area is 105 Å². The first kappa shape index (κ1) is 12.1. The molecule has 0 unspecified atom stereocenters. The first-order valence-corrected chi connectivity index (χ1v) is 5.51. The number of aryl methyl sites for hydroxylation is 2. The lowest BCUT2D eigenvalue weighted by Gasteiger charge is -1.95. The molecule has 2 aromatic rings. The second-order valence-electron chi connectivity index (χ2n) is 3.98. The standard InChI is InChI=1S/C14H13NO3/c1-9-7-12(10(2)18-9)8-15-13-5-3-11(4-6-13)14(16)17/h3-8H,1-2H3,(H,16,17). The molecule has 0 saturated heterocycles. The maximum Gasteiger partial charge on any atom is 0.335 e. The Morgan fingerprint density at radius 3 is 2.44 bits per heavy atom. The minimum atomic E-state index is -0.938. The fourth-order valence-electron chi connectivity index (χ4n) is 1.61. The molecular weight excluding hydrogens is 230 g/mol. The molecule has 0 aliphatic rings. The van der Waals surface area contributed by atoms with Crippen LogP contribution in [-0.2, 0) is 0 Å². The molecule has 1 N–H and O–H groups in total. The number of aliphatic imine (C=N–C) groups is 1. The molecular formula is C14H13NO3. The van der Waals surface area contributed by atoms with Crippen LogP contribution in [0.4, 0.5) is 5.69 Å². The zero-order valence-electron chi connectivity index (χ0n) is 10.2. The molecule has 0 radical (unpaired) electrons. The van der Waals surface area contributed by atoms with Crippen LogP contribution in [0.25, 0.3) is 0 Å². The molecule has 0 fully saturated rings. The highest BCUT2D eigenvalue weighted by atomic mass is 16.4. The van der Waals surface area contributed by atoms with Crippen LogP contribution in [0.3, 0.4) is 0 Å². The quantitative estimate of drug-likeness (QED) is 0.841. The highest BCUT2D eigenvalue weighted by Gasteiger charge is 2.02. The summed E-state index contributed by atoms with van der Waals surface area (Å²) in [5, 5.41) is 8.77. The van der Waals surface area contributed by atoms with Gasteiger partial charge in [-0.05, 0) is 44.2 Å². The van der Waals surface area contributed by atoms with Gasteiger partial charge in [0.05, 0.1) is 11.3 Å². The number of hydrogen-bond acceptors (Lipinski definition) is 3. The van der Waals surface area contributed by atoms with Crippen LogP contribution in [0.5, 0.6) is 0 Å². The lowest BCUT2D eigenvalue weighted by molar-refractivity contribution is 0.0697. The van der Waals surface area contributed by atoms with E-state index < -0.39 is 5.97 Å². The van der Waals surface area contributed by atoms with Crippen LogP contribution < -0.4 is 0 Å². The summed E-state index contributed by atoms with van der Waals surface area (Å²) in [4.78, 5) is 15.0. The second-order valence-corrected chi connectivity index (χ2v) is 3.98. The number of aromatic carboxylic acids is 1. The smallest absolute Gasteiger partial charge is 0.335 e. The molecule has 0 aliphatic carbocycles. The average Bonchev–Trinajstić information content (AvgIpc) is 2.66. The van der Waals surface area contributed by atoms with Gasteiger partial charge in [0.2, 0.25) is 0 Å². The van der Waals surface area contributed by atoms with Crippen molar-refractivity contribution in [3.8, 4) is 0 Å². The normalized spacial score (nSPS) is 11.0. The van der Waals surface area contributed by atoms with Gasteiger partial charge in [0.15, 0.2) is 0 Å². The first-order chi connectivity index (χ1) is 8.56. The predicted molar refractivity (Wildman–Crippen MR) is 68.8 cm³/mol. The highest BCUT2D eigenvalue weighted by Crippen LogP contribution is 2.15.